The number of fused-ring (bicyclic) bond motifs is 2. The molecule has 1 aliphatic carbocycles. The lowest BCUT2D eigenvalue weighted by molar-refractivity contribution is -0.146. The molecule has 1 N–H and O–H groups in total. The number of rotatable bonds is 6. The number of nitrogens with one attached hydrogen (secondary N) is 1. The van der Waals surface area contributed by atoms with Gasteiger partial charge >= 0.3 is 5.97 Å². The predicted octanol–water partition coefficient (Wildman–Crippen LogP) is 5.47. The lowest BCUT2D eigenvalue weighted by atomic mass is 9.79. The number of para-hydroxylation sites is 1. The number of aromatic nitrogens is 2. The van der Waals surface area contributed by atoms with Crippen LogP contribution in [0.5, 0.6) is 0 Å². The maximum Gasteiger partial charge on any atom is 0.308 e. The Balaban J connectivity index is 1.36. The van der Waals surface area contributed by atoms with Gasteiger partial charge in [0.2, 0.25) is 0 Å². The summed E-state index contributed by atoms with van der Waals surface area (Å²) in [5, 5.41) is 4.84. The second kappa shape index (κ2) is 10.1. The molecular formula is C29H30FN3O3. The number of pyridine rings is 1. The fourth-order valence-corrected chi connectivity index (χ4v) is 5.41. The molecule has 0 radical (unpaired) electrons. The molecule has 6 nitrogen and oxygen atoms in total. The van der Waals surface area contributed by atoms with E-state index in [4.69, 9.17) is 9.72 Å². The van der Waals surface area contributed by atoms with E-state index < -0.39 is 5.82 Å². The smallest absolute Gasteiger partial charge is 0.308 e. The molecule has 1 atom stereocenters. The number of carbonyl (C=O) groups is 2. The van der Waals surface area contributed by atoms with Gasteiger partial charge in [0.05, 0.1) is 41.9 Å². The molecule has 2 aromatic heterocycles. The molecule has 1 unspecified atom stereocenters. The number of carbonyl (C=O) groups excluding carboxylic acids is 2. The average Bonchev–Trinajstić information content (AvgIpc) is 3.29. The zero-order valence-corrected chi connectivity index (χ0v) is 20.5. The lowest BCUT2D eigenvalue weighted by Gasteiger charge is -2.31. The van der Waals surface area contributed by atoms with Crippen LogP contribution in [0.2, 0.25) is 0 Å². The van der Waals surface area contributed by atoms with E-state index in [0.717, 1.165) is 42.3 Å². The van der Waals surface area contributed by atoms with Gasteiger partial charge in [-0.2, -0.15) is 0 Å². The molecule has 0 aliphatic heterocycles. The predicted molar refractivity (Wildman–Crippen MR) is 137 cm³/mol. The molecule has 2 heterocycles. The van der Waals surface area contributed by atoms with Crippen LogP contribution in [0.1, 0.15) is 48.7 Å². The Labute approximate surface area is 209 Å². The Morgan fingerprint density at radius 3 is 2.64 bits per heavy atom. The maximum absolute atomic E-state index is 14.5. The standard InChI is InChI=1S/C29H30FN3O3/c1-18(19-7-9-21(10-8-19)29(35)36-2)31-28(34)25-16-23(30)15-22-13-14-33(27(22)25)17-24-12-11-20-5-3-4-6-26(20)32-24/h3-6,11-16,18-19,21H,7-10,17H2,1-2H3,(H,31,34). The van der Waals surface area contributed by atoms with Crippen molar-refractivity contribution in [1.29, 1.82) is 0 Å². The minimum Gasteiger partial charge on any atom is -0.469 e. The number of halogens is 1. The number of ether oxygens (including phenoxy) is 1. The van der Waals surface area contributed by atoms with E-state index in [2.05, 4.69) is 5.32 Å². The van der Waals surface area contributed by atoms with E-state index in [1.165, 1.54) is 19.2 Å². The second-order valence-electron chi connectivity index (χ2n) is 9.73. The molecule has 0 saturated heterocycles. The third-order valence-corrected chi connectivity index (χ3v) is 7.43. The van der Waals surface area contributed by atoms with Crippen molar-refractivity contribution in [2.24, 2.45) is 11.8 Å². The van der Waals surface area contributed by atoms with E-state index in [1.807, 2.05) is 60.2 Å². The van der Waals surface area contributed by atoms with Crippen molar-refractivity contribution < 1.29 is 18.7 Å². The minimum atomic E-state index is -0.444. The van der Waals surface area contributed by atoms with Crippen molar-refractivity contribution in [2.45, 2.75) is 45.2 Å². The van der Waals surface area contributed by atoms with Gasteiger partial charge in [-0.05, 0) is 68.9 Å². The third kappa shape index (κ3) is 4.83. The molecule has 1 saturated carbocycles. The van der Waals surface area contributed by atoms with Crippen molar-refractivity contribution in [3.8, 4) is 0 Å². The van der Waals surface area contributed by atoms with Gasteiger partial charge < -0.3 is 14.6 Å². The van der Waals surface area contributed by atoms with Crippen LogP contribution in [0, 0.1) is 17.7 Å². The van der Waals surface area contributed by atoms with E-state index in [0.29, 0.717) is 23.0 Å². The molecule has 186 valence electrons. The Kier molecular flexibility index (Phi) is 6.72. The molecule has 5 rings (SSSR count). The first kappa shape index (κ1) is 24.0. The van der Waals surface area contributed by atoms with Crippen LogP contribution in [-0.2, 0) is 16.1 Å². The molecule has 1 fully saturated rings. The number of hydrogen-bond acceptors (Lipinski definition) is 4. The second-order valence-corrected chi connectivity index (χ2v) is 9.73. The van der Waals surface area contributed by atoms with Crippen LogP contribution >= 0.6 is 0 Å². The van der Waals surface area contributed by atoms with Gasteiger partial charge in [0.15, 0.2) is 0 Å². The van der Waals surface area contributed by atoms with E-state index in [9.17, 15) is 14.0 Å². The van der Waals surface area contributed by atoms with Gasteiger partial charge in [-0.1, -0.05) is 24.3 Å². The molecule has 0 spiro atoms. The largest absolute Gasteiger partial charge is 0.469 e. The Hall–Kier alpha value is -3.74. The summed E-state index contributed by atoms with van der Waals surface area (Å²) in [6, 6.07) is 16.4. The Morgan fingerprint density at radius 2 is 1.86 bits per heavy atom. The van der Waals surface area contributed by atoms with Gasteiger partial charge in [0.25, 0.3) is 5.91 Å². The summed E-state index contributed by atoms with van der Waals surface area (Å²) in [6.45, 7) is 2.45. The van der Waals surface area contributed by atoms with Crippen molar-refractivity contribution in [2.75, 3.05) is 7.11 Å². The molecule has 7 heteroatoms. The highest BCUT2D eigenvalue weighted by atomic mass is 19.1. The normalized spacial score (nSPS) is 18.8. The fourth-order valence-electron chi connectivity index (χ4n) is 5.41. The van der Waals surface area contributed by atoms with Crippen LogP contribution in [0.4, 0.5) is 4.39 Å². The van der Waals surface area contributed by atoms with Gasteiger partial charge in [0, 0.05) is 23.0 Å². The SMILES string of the molecule is COC(=O)C1CCC(C(C)NC(=O)c2cc(F)cc3ccn(Cc4ccc5ccccc5n4)c23)CC1. The molecule has 4 aromatic rings. The molecule has 1 amide bonds. The summed E-state index contributed by atoms with van der Waals surface area (Å²) in [5.74, 6) is -0.709. The number of esters is 1. The van der Waals surface area contributed by atoms with Crippen LogP contribution < -0.4 is 5.32 Å². The summed E-state index contributed by atoms with van der Waals surface area (Å²) >= 11 is 0. The van der Waals surface area contributed by atoms with Gasteiger partial charge in [-0.15, -0.1) is 0 Å². The first-order valence-electron chi connectivity index (χ1n) is 12.4. The topological polar surface area (TPSA) is 73.2 Å². The highest BCUT2D eigenvalue weighted by molar-refractivity contribution is 6.06. The summed E-state index contributed by atoms with van der Waals surface area (Å²) in [4.78, 5) is 30.0. The van der Waals surface area contributed by atoms with Crippen molar-refractivity contribution >= 4 is 33.7 Å². The highest BCUT2D eigenvalue weighted by Crippen LogP contribution is 2.32. The summed E-state index contributed by atoms with van der Waals surface area (Å²) < 4.78 is 21.3. The van der Waals surface area contributed by atoms with Crippen molar-refractivity contribution in [3.05, 3.63) is 77.9 Å². The number of methoxy groups -OCH3 is 1. The molecule has 1 aliphatic rings. The lowest BCUT2D eigenvalue weighted by Crippen LogP contribution is -2.40. The molecule has 0 bridgehead atoms. The van der Waals surface area contributed by atoms with Gasteiger partial charge in [0.1, 0.15) is 5.82 Å². The molecular weight excluding hydrogens is 457 g/mol. The van der Waals surface area contributed by atoms with Crippen molar-refractivity contribution in [1.82, 2.24) is 14.9 Å². The zero-order valence-electron chi connectivity index (χ0n) is 20.5. The van der Waals surface area contributed by atoms with Gasteiger partial charge in [-0.3, -0.25) is 14.6 Å². The Morgan fingerprint density at radius 1 is 1.08 bits per heavy atom. The van der Waals surface area contributed by atoms with Gasteiger partial charge in [-0.25, -0.2) is 4.39 Å². The quantitative estimate of drug-likeness (QED) is 0.366. The maximum atomic E-state index is 14.5. The van der Waals surface area contributed by atoms with E-state index in [1.54, 1.807) is 0 Å². The van der Waals surface area contributed by atoms with Crippen LogP contribution in [0.3, 0.4) is 0 Å². The number of amides is 1. The zero-order chi connectivity index (χ0) is 25.2. The minimum absolute atomic E-state index is 0.0658. The third-order valence-electron chi connectivity index (χ3n) is 7.43. The van der Waals surface area contributed by atoms with E-state index >= 15 is 0 Å². The van der Waals surface area contributed by atoms with Crippen LogP contribution in [-0.4, -0.2) is 34.6 Å². The van der Waals surface area contributed by atoms with Crippen molar-refractivity contribution in [3.63, 3.8) is 0 Å². The molecule has 36 heavy (non-hydrogen) atoms. The molecule has 2 aromatic carbocycles. The number of benzene rings is 2. The fraction of sp³-hybridized carbons (Fsp3) is 0.345. The van der Waals surface area contributed by atoms with Crippen LogP contribution in [0.15, 0.2) is 60.8 Å². The average molecular weight is 488 g/mol. The summed E-state index contributed by atoms with van der Waals surface area (Å²) in [5.41, 5.74) is 2.76. The number of nitrogens with zero attached hydrogens (tertiary/aromatic N) is 2. The number of hydrogen-bond donors (Lipinski definition) is 1. The first-order valence-corrected chi connectivity index (χ1v) is 12.4. The van der Waals surface area contributed by atoms with E-state index in [-0.39, 0.29) is 29.8 Å². The summed E-state index contributed by atoms with van der Waals surface area (Å²) in [6.07, 6.45) is 5.05. The first-order chi connectivity index (χ1) is 17.4. The monoisotopic (exact) mass is 487 g/mol. The highest BCUT2D eigenvalue weighted by Gasteiger charge is 2.30. The summed E-state index contributed by atoms with van der Waals surface area (Å²) in [7, 11) is 1.42. The van der Waals surface area contributed by atoms with Crippen LogP contribution in [0.25, 0.3) is 21.8 Å². The Bertz CT molecular complexity index is 1420.